The van der Waals surface area contributed by atoms with Crippen LogP contribution in [-0.2, 0) is 6.54 Å². The molecule has 3 rings (SSSR count). The lowest BCUT2D eigenvalue weighted by Gasteiger charge is -2.26. The molecule has 4 nitrogen and oxygen atoms in total. The maximum Gasteiger partial charge on any atom is 0.193 e. The van der Waals surface area contributed by atoms with Crippen LogP contribution in [0.4, 0.5) is 0 Å². The van der Waals surface area contributed by atoms with E-state index in [0.29, 0.717) is 17.5 Å². The molecule has 23 heavy (non-hydrogen) atoms. The molecular weight excluding hydrogens is 399 g/mol. The van der Waals surface area contributed by atoms with Gasteiger partial charge in [0.25, 0.3) is 0 Å². The lowest BCUT2D eigenvalue weighted by atomic mass is 9.86. The van der Waals surface area contributed by atoms with Gasteiger partial charge in [-0.2, -0.15) is 5.26 Å². The molecule has 1 spiro atoms. The first-order valence-corrected chi connectivity index (χ1v) is 8.19. The highest BCUT2D eigenvalue weighted by atomic mass is 127. The van der Waals surface area contributed by atoms with Gasteiger partial charge in [0.2, 0.25) is 0 Å². The van der Waals surface area contributed by atoms with Crippen molar-refractivity contribution < 1.29 is 0 Å². The zero-order valence-corrected chi connectivity index (χ0v) is 16.0. The van der Waals surface area contributed by atoms with Gasteiger partial charge in [0.15, 0.2) is 5.96 Å². The average molecular weight is 424 g/mol. The van der Waals surface area contributed by atoms with E-state index in [2.05, 4.69) is 21.3 Å². The van der Waals surface area contributed by atoms with Gasteiger partial charge < -0.3 is 10.2 Å². The van der Waals surface area contributed by atoms with Gasteiger partial charge in [-0.05, 0) is 42.4 Å². The van der Waals surface area contributed by atoms with Crippen molar-refractivity contribution in [2.45, 2.75) is 38.6 Å². The van der Waals surface area contributed by atoms with Crippen molar-refractivity contribution in [3.05, 3.63) is 35.4 Å². The quantitative estimate of drug-likeness (QED) is 0.449. The standard InChI is InChI=1S/C18H24N4.HI/c1-20-17(21-13-16-6-4-5-15(11-16)12-19)22-10-9-18(14-22)7-2-3-8-18;/h4-6,11H,2-3,7-10,13-14H2,1H3,(H,20,21);1H. The van der Waals surface area contributed by atoms with E-state index in [4.69, 9.17) is 5.26 Å². The lowest BCUT2D eigenvalue weighted by Crippen LogP contribution is -2.40. The summed E-state index contributed by atoms with van der Waals surface area (Å²) < 4.78 is 0. The van der Waals surface area contributed by atoms with Crippen molar-refractivity contribution in [3.63, 3.8) is 0 Å². The third-order valence-corrected chi connectivity index (χ3v) is 5.12. The van der Waals surface area contributed by atoms with Crippen molar-refractivity contribution >= 4 is 29.9 Å². The number of hydrogen-bond donors (Lipinski definition) is 1. The van der Waals surface area contributed by atoms with E-state index in [1.807, 2.05) is 31.3 Å². The van der Waals surface area contributed by atoms with Crippen LogP contribution >= 0.6 is 24.0 Å². The summed E-state index contributed by atoms with van der Waals surface area (Å²) >= 11 is 0. The number of benzene rings is 1. The normalized spacial score (nSPS) is 19.5. The van der Waals surface area contributed by atoms with Crippen molar-refractivity contribution in [1.29, 1.82) is 5.26 Å². The van der Waals surface area contributed by atoms with E-state index in [1.54, 1.807) is 0 Å². The van der Waals surface area contributed by atoms with Crippen LogP contribution in [-0.4, -0.2) is 31.0 Å². The molecule has 2 aliphatic rings. The van der Waals surface area contributed by atoms with Crippen LogP contribution in [0.1, 0.15) is 43.2 Å². The number of likely N-dealkylation sites (tertiary alicyclic amines) is 1. The van der Waals surface area contributed by atoms with Crippen molar-refractivity contribution in [1.82, 2.24) is 10.2 Å². The molecule has 0 amide bonds. The Balaban J connectivity index is 0.00000192. The average Bonchev–Trinajstić information content (AvgIpc) is 3.19. The van der Waals surface area contributed by atoms with E-state index in [0.717, 1.165) is 24.6 Å². The molecule has 1 saturated carbocycles. The maximum absolute atomic E-state index is 8.97. The Kier molecular flexibility index (Phi) is 6.28. The number of nitrogens with zero attached hydrogens (tertiary/aromatic N) is 3. The zero-order valence-electron chi connectivity index (χ0n) is 13.7. The van der Waals surface area contributed by atoms with E-state index in [9.17, 15) is 0 Å². The van der Waals surface area contributed by atoms with Crippen molar-refractivity contribution in [3.8, 4) is 6.07 Å². The van der Waals surface area contributed by atoms with Crippen molar-refractivity contribution in [2.24, 2.45) is 10.4 Å². The van der Waals surface area contributed by atoms with Gasteiger partial charge >= 0.3 is 0 Å². The Morgan fingerprint density at radius 3 is 2.83 bits per heavy atom. The first-order chi connectivity index (χ1) is 10.7. The van der Waals surface area contributed by atoms with E-state index in [-0.39, 0.29) is 24.0 Å². The second-order valence-corrected chi connectivity index (χ2v) is 6.59. The second kappa shape index (κ2) is 8.00. The lowest BCUT2D eigenvalue weighted by molar-refractivity contribution is 0.309. The van der Waals surface area contributed by atoms with Gasteiger partial charge in [-0.15, -0.1) is 24.0 Å². The Bertz CT molecular complexity index is 599. The van der Waals surface area contributed by atoms with E-state index < -0.39 is 0 Å². The highest BCUT2D eigenvalue weighted by molar-refractivity contribution is 14.0. The molecule has 5 heteroatoms. The fraction of sp³-hybridized carbons (Fsp3) is 0.556. The minimum atomic E-state index is 0. The number of halogens is 1. The van der Waals surface area contributed by atoms with Crippen LogP contribution < -0.4 is 5.32 Å². The maximum atomic E-state index is 8.97. The summed E-state index contributed by atoms with van der Waals surface area (Å²) in [7, 11) is 1.85. The van der Waals surface area contributed by atoms with Crippen molar-refractivity contribution in [2.75, 3.05) is 20.1 Å². The van der Waals surface area contributed by atoms with E-state index >= 15 is 0 Å². The molecule has 0 bridgehead atoms. The van der Waals surface area contributed by atoms with Gasteiger partial charge in [-0.1, -0.05) is 25.0 Å². The summed E-state index contributed by atoms with van der Waals surface area (Å²) in [6.45, 7) is 2.97. The largest absolute Gasteiger partial charge is 0.352 e. The molecule has 1 N–H and O–H groups in total. The summed E-state index contributed by atoms with van der Waals surface area (Å²) in [5.74, 6) is 0.992. The number of nitrogens with one attached hydrogen (secondary N) is 1. The Labute approximate surface area is 156 Å². The predicted molar refractivity (Wildman–Crippen MR) is 104 cm³/mol. The van der Waals surface area contributed by atoms with Crippen LogP contribution in [0.5, 0.6) is 0 Å². The number of hydrogen-bond acceptors (Lipinski definition) is 2. The Morgan fingerprint density at radius 2 is 2.13 bits per heavy atom. The summed E-state index contributed by atoms with van der Waals surface area (Å²) in [5, 5.41) is 12.4. The van der Waals surface area contributed by atoms with Crippen LogP contribution in [0, 0.1) is 16.7 Å². The molecule has 0 unspecified atom stereocenters. The van der Waals surface area contributed by atoms with Crippen LogP contribution in [0.3, 0.4) is 0 Å². The molecule has 2 fully saturated rings. The minimum Gasteiger partial charge on any atom is -0.352 e. The monoisotopic (exact) mass is 424 g/mol. The SMILES string of the molecule is CN=C(NCc1cccc(C#N)c1)N1CCC2(CCCC2)C1.I. The molecule has 0 atom stereocenters. The molecule has 1 heterocycles. The molecule has 1 saturated heterocycles. The van der Waals surface area contributed by atoms with E-state index in [1.165, 1.54) is 32.1 Å². The first-order valence-electron chi connectivity index (χ1n) is 8.19. The van der Waals surface area contributed by atoms with Gasteiger partial charge in [0.1, 0.15) is 0 Å². The zero-order chi connectivity index (χ0) is 15.4. The Morgan fingerprint density at radius 1 is 1.35 bits per heavy atom. The predicted octanol–water partition coefficient (Wildman–Crippen LogP) is 3.52. The summed E-state index contributed by atoms with van der Waals surface area (Å²) in [6.07, 6.45) is 6.84. The number of aliphatic imine (C=N–C) groups is 1. The highest BCUT2D eigenvalue weighted by Crippen LogP contribution is 2.45. The summed E-state index contributed by atoms with van der Waals surface area (Å²) in [6, 6.07) is 9.94. The number of guanidine groups is 1. The molecule has 1 aromatic carbocycles. The molecule has 1 aliphatic heterocycles. The molecule has 1 aromatic rings. The van der Waals surface area contributed by atoms with Gasteiger partial charge in [0, 0.05) is 26.7 Å². The molecule has 1 aliphatic carbocycles. The highest BCUT2D eigenvalue weighted by Gasteiger charge is 2.40. The smallest absolute Gasteiger partial charge is 0.193 e. The number of rotatable bonds is 2. The summed E-state index contributed by atoms with van der Waals surface area (Å²) in [5.41, 5.74) is 2.38. The fourth-order valence-electron chi connectivity index (χ4n) is 3.91. The third kappa shape index (κ3) is 4.17. The first kappa shape index (κ1) is 18.1. The van der Waals surface area contributed by atoms with Gasteiger partial charge in [-0.3, -0.25) is 4.99 Å². The third-order valence-electron chi connectivity index (χ3n) is 5.12. The molecular formula is C18H25IN4. The number of nitriles is 1. The second-order valence-electron chi connectivity index (χ2n) is 6.59. The topological polar surface area (TPSA) is 51.4 Å². The van der Waals surface area contributed by atoms with Gasteiger partial charge in [-0.25, -0.2) is 0 Å². The van der Waals surface area contributed by atoms with Crippen LogP contribution in [0.25, 0.3) is 0 Å². The van der Waals surface area contributed by atoms with Crippen LogP contribution in [0.2, 0.25) is 0 Å². The molecule has 124 valence electrons. The Hall–Kier alpha value is -1.29. The summed E-state index contributed by atoms with van der Waals surface area (Å²) in [4.78, 5) is 6.85. The van der Waals surface area contributed by atoms with Gasteiger partial charge in [0.05, 0.1) is 11.6 Å². The molecule has 0 aromatic heterocycles. The molecule has 0 radical (unpaired) electrons. The van der Waals surface area contributed by atoms with Crippen LogP contribution in [0.15, 0.2) is 29.3 Å². The fourth-order valence-corrected chi connectivity index (χ4v) is 3.91. The minimum absolute atomic E-state index is 0.